The molecule has 4 heteroatoms. The highest BCUT2D eigenvalue weighted by molar-refractivity contribution is 14.1. The van der Waals surface area contributed by atoms with Crippen molar-refractivity contribution in [3.05, 3.63) is 34.1 Å². The zero-order valence-corrected chi connectivity index (χ0v) is 15.6. The van der Waals surface area contributed by atoms with Gasteiger partial charge in [-0.2, -0.15) is 0 Å². The van der Waals surface area contributed by atoms with Crippen LogP contribution in [-0.2, 0) is 0 Å². The van der Waals surface area contributed by atoms with Gasteiger partial charge in [-0.25, -0.2) is 0 Å². The summed E-state index contributed by atoms with van der Waals surface area (Å²) >= 11 is 2.49. The number of rotatable bonds is 6. The number of hydrogen-bond donors (Lipinski definition) is 0. The van der Waals surface area contributed by atoms with E-state index in [1.54, 1.807) is 0 Å². The van der Waals surface area contributed by atoms with Crippen LogP contribution in [0.1, 0.15) is 19.3 Å². The van der Waals surface area contributed by atoms with Crippen LogP contribution in [0.3, 0.4) is 0 Å². The van der Waals surface area contributed by atoms with Crippen LogP contribution in [0.25, 0.3) is 0 Å². The highest BCUT2D eigenvalue weighted by Gasteiger charge is 2.23. The van der Waals surface area contributed by atoms with Crippen molar-refractivity contribution >= 4 is 22.6 Å². The molecule has 0 unspecified atom stereocenters. The second-order valence-electron chi connectivity index (χ2n) is 6.25. The topological polar surface area (TPSA) is 9.72 Å². The summed E-state index contributed by atoms with van der Waals surface area (Å²) in [5.41, 5.74) is 1.47. The van der Waals surface area contributed by atoms with E-state index in [2.05, 4.69) is 70.2 Å². The molecule has 0 aromatic rings. The molecule has 0 aromatic carbocycles. The average molecular weight is 401 g/mol. The smallest absolute Gasteiger partial charge is 0.0370 e. The van der Waals surface area contributed by atoms with Crippen molar-refractivity contribution in [2.45, 2.75) is 25.3 Å². The number of piperidine rings is 1. The van der Waals surface area contributed by atoms with Crippen LogP contribution >= 0.6 is 22.6 Å². The van der Waals surface area contributed by atoms with Crippen molar-refractivity contribution < 1.29 is 0 Å². The van der Waals surface area contributed by atoms with E-state index in [1.807, 2.05) is 6.08 Å². The fraction of sp³-hybridized carbons (Fsp3) is 0.647. The van der Waals surface area contributed by atoms with Crippen LogP contribution in [0, 0.1) is 0 Å². The highest BCUT2D eigenvalue weighted by Crippen LogP contribution is 2.27. The molecule has 0 amide bonds. The lowest BCUT2D eigenvalue weighted by molar-refractivity contribution is 0.167. The van der Waals surface area contributed by atoms with Crippen LogP contribution in [-0.4, -0.2) is 67.6 Å². The van der Waals surface area contributed by atoms with Crippen molar-refractivity contribution in [3.8, 4) is 0 Å². The first kappa shape index (κ1) is 17.0. The van der Waals surface area contributed by atoms with Gasteiger partial charge < -0.3 is 14.7 Å². The third-order valence-electron chi connectivity index (χ3n) is 4.42. The molecule has 0 radical (unpaired) electrons. The van der Waals surface area contributed by atoms with Gasteiger partial charge in [-0.3, -0.25) is 0 Å². The van der Waals surface area contributed by atoms with Gasteiger partial charge in [0.2, 0.25) is 0 Å². The Bertz CT molecular complexity index is 408. The van der Waals surface area contributed by atoms with Crippen molar-refractivity contribution in [2.24, 2.45) is 0 Å². The van der Waals surface area contributed by atoms with E-state index in [4.69, 9.17) is 0 Å². The highest BCUT2D eigenvalue weighted by atomic mass is 127. The van der Waals surface area contributed by atoms with Crippen molar-refractivity contribution in [2.75, 3.05) is 46.8 Å². The van der Waals surface area contributed by atoms with Crippen molar-refractivity contribution in [1.82, 2.24) is 14.7 Å². The van der Waals surface area contributed by atoms with Crippen LogP contribution in [0.2, 0.25) is 0 Å². The second kappa shape index (κ2) is 8.34. The molecule has 0 aliphatic carbocycles. The summed E-state index contributed by atoms with van der Waals surface area (Å²) in [5.74, 6) is 0. The molecule has 2 aliphatic heterocycles. The molecule has 0 saturated carbocycles. The Morgan fingerprint density at radius 2 is 2.14 bits per heavy atom. The van der Waals surface area contributed by atoms with E-state index in [9.17, 15) is 0 Å². The third-order valence-corrected chi connectivity index (χ3v) is 5.56. The molecule has 0 atom stereocenters. The number of hydrogen-bond acceptors (Lipinski definition) is 3. The summed E-state index contributed by atoms with van der Waals surface area (Å²) in [6.07, 6.45) is 10.4. The van der Waals surface area contributed by atoms with Gasteiger partial charge in [0.1, 0.15) is 0 Å². The SMILES string of the molecule is C=CCCN(C)CC1=CN(C2CCN(C)CC2)CC=C1I. The quantitative estimate of drug-likeness (QED) is 0.500. The van der Waals surface area contributed by atoms with Gasteiger partial charge in [0.15, 0.2) is 0 Å². The summed E-state index contributed by atoms with van der Waals surface area (Å²) in [5, 5.41) is 0. The maximum atomic E-state index is 3.81. The molecule has 2 rings (SSSR count). The van der Waals surface area contributed by atoms with E-state index >= 15 is 0 Å². The molecular weight excluding hydrogens is 373 g/mol. The molecule has 0 N–H and O–H groups in total. The summed E-state index contributed by atoms with van der Waals surface area (Å²) in [7, 11) is 4.42. The van der Waals surface area contributed by atoms with Gasteiger partial charge in [0.25, 0.3) is 0 Å². The monoisotopic (exact) mass is 401 g/mol. The standard InChI is InChI=1S/C17H28IN3/c1-4-5-9-20(3)13-15-14-21(12-8-17(15)18)16-6-10-19(2)11-7-16/h4,8,14,16H,1,5-7,9-13H2,2-3H3. The molecule has 2 heterocycles. The number of nitrogens with zero attached hydrogens (tertiary/aromatic N) is 3. The van der Waals surface area contributed by atoms with Crippen LogP contribution in [0.15, 0.2) is 34.1 Å². The molecule has 2 aliphatic rings. The summed E-state index contributed by atoms with van der Waals surface area (Å²) in [4.78, 5) is 7.39. The minimum Gasteiger partial charge on any atom is -0.370 e. The lowest BCUT2D eigenvalue weighted by Crippen LogP contribution is -2.42. The Labute approximate surface area is 143 Å². The zero-order valence-electron chi connectivity index (χ0n) is 13.4. The van der Waals surface area contributed by atoms with Gasteiger partial charge in [0.05, 0.1) is 0 Å². The third kappa shape index (κ3) is 5.11. The minimum absolute atomic E-state index is 0.718. The molecule has 1 fully saturated rings. The maximum absolute atomic E-state index is 3.81. The van der Waals surface area contributed by atoms with Gasteiger partial charge >= 0.3 is 0 Å². The minimum atomic E-state index is 0.718. The lowest BCUT2D eigenvalue weighted by Gasteiger charge is -2.38. The zero-order chi connectivity index (χ0) is 15.2. The molecule has 21 heavy (non-hydrogen) atoms. The fourth-order valence-corrected chi connectivity index (χ4v) is 3.52. The molecule has 0 aromatic heterocycles. The van der Waals surface area contributed by atoms with Crippen molar-refractivity contribution in [1.29, 1.82) is 0 Å². The number of halogens is 1. The largest absolute Gasteiger partial charge is 0.370 e. The Kier molecular flexibility index (Phi) is 6.76. The molecule has 118 valence electrons. The molecule has 0 bridgehead atoms. The Morgan fingerprint density at radius 1 is 1.43 bits per heavy atom. The van der Waals surface area contributed by atoms with Crippen molar-refractivity contribution in [3.63, 3.8) is 0 Å². The Morgan fingerprint density at radius 3 is 2.81 bits per heavy atom. The van der Waals surface area contributed by atoms with Gasteiger partial charge in [0, 0.05) is 35.5 Å². The van der Waals surface area contributed by atoms with Crippen LogP contribution < -0.4 is 0 Å². The Balaban J connectivity index is 1.94. The van der Waals surface area contributed by atoms with Crippen LogP contribution in [0.4, 0.5) is 0 Å². The second-order valence-corrected chi connectivity index (χ2v) is 7.41. The molecule has 0 spiro atoms. The first-order chi connectivity index (χ1) is 10.1. The van der Waals surface area contributed by atoms with E-state index in [-0.39, 0.29) is 0 Å². The predicted molar refractivity (Wildman–Crippen MR) is 99.7 cm³/mol. The number of likely N-dealkylation sites (N-methyl/N-ethyl adjacent to an activating group) is 1. The van der Waals surface area contributed by atoms with E-state index in [1.165, 1.54) is 35.1 Å². The average Bonchev–Trinajstić information content (AvgIpc) is 2.48. The molecular formula is C17H28IN3. The molecule has 3 nitrogen and oxygen atoms in total. The summed E-state index contributed by atoms with van der Waals surface area (Å²) < 4.78 is 1.42. The van der Waals surface area contributed by atoms with E-state index in [0.717, 1.165) is 32.1 Å². The lowest BCUT2D eigenvalue weighted by atomic mass is 10.0. The fourth-order valence-electron chi connectivity index (χ4n) is 3.01. The first-order valence-corrected chi connectivity index (χ1v) is 8.98. The van der Waals surface area contributed by atoms with E-state index < -0.39 is 0 Å². The Hall–Kier alpha value is -0.330. The normalized spacial score (nSPS) is 21.4. The van der Waals surface area contributed by atoms with Crippen LogP contribution in [0.5, 0.6) is 0 Å². The van der Waals surface area contributed by atoms with Gasteiger partial charge in [-0.15, -0.1) is 6.58 Å². The number of likely N-dealkylation sites (tertiary alicyclic amines) is 1. The predicted octanol–water partition coefficient (Wildman–Crippen LogP) is 3.11. The first-order valence-electron chi connectivity index (χ1n) is 7.90. The summed E-state index contributed by atoms with van der Waals surface area (Å²) in [6.45, 7) is 9.45. The summed E-state index contributed by atoms with van der Waals surface area (Å²) in [6, 6.07) is 0.718. The van der Waals surface area contributed by atoms with E-state index in [0.29, 0.717) is 0 Å². The van der Waals surface area contributed by atoms with Gasteiger partial charge in [-0.1, -0.05) is 12.2 Å². The molecule has 1 saturated heterocycles. The maximum Gasteiger partial charge on any atom is 0.0370 e. The van der Waals surface area contributed by atoms with Gasteiger partial charge in [-0.05, 0) is 74.6 Å².